The van der Waals surface area contributed by atoms with Crippen molar-refractivity contribution in [1.82, 2.24) is 10.2 Å². The summed E-state index contributed by atoms with van der Waals surface area (Å²) in [5.74, 6) is 0.620. The molecule has 1 aliphatic heterocycles. The summed E-state index contributed by atoms with van der Waals surface area (Å²) >= 11 is 3.52. The van der Waals surface area contributed by atoms with Gasteiger partial charge in [0.25, 0.3) is 0 Å². The highest BCUT2D eigenvalue weighted by Crippen LogP contribution is 2.20. The fourth-order valence-corrected chi connectivity index (χ4v) is 2.77. The monoisotopic (exact) mass is 310 g/mol. The van der Waals surface area contributed by atoms with Gasteiger partial charge in [0.05, 0.1) is 6.04 Å². The van der Waals surface area contributed by atoms with Gasteiger partial charge < -0.3 is 10.2 Å². The highest BCUT2D eigenvalue weighted by Gasteiger charge is 2.31. The topological polar surface area (TPSA) is 32.3 Å². The van der Waals surface area contributed by atoms with Gasteiger partial charge in [-0.15, -0.1) is 0 Å². The first kappa shape index (κ1) is 13.6. The van der Waals surface area contributed by atoms with Gasteiger partial charge in [-0.05, 0) is 30.5 Å². The van der Waals surface area contributed by atoms with Crippen molar-refractivity contribution in [1.29, 1.82) is 0 Å². The second-order valence-electron chi connectivity index (χ2n) is 4.98. The predicted molar refractivity (Wildman–Crippen MR) is 76.2 cm³/mol. The molecule has 2 rings (SSSR count). The molecule has 3 nitrogen and oxygen atoms in total. The summed E-state index contributed by atoms with van der Waals surface area (Å²) in [5.41, 5.74) is 1.14. The maximum atomic E-state index is 12.3. The molecule has 2 atom stereocenters. The second kappa shape index (κ2) is 5.85. The number of nitrogens with zero attached hydrogens (tertiary/aromatic N) is 1. The van der Waals surface area contributed by atoms with Crippen molar-refractivity contribution in [2.45, 2.75) is 25.9 Å². The number of nitrogens with one attached hydrogen (secondary N) is 1. The van der Waals surface area contributed by atoms with Crippen LogP contribution in [0.1, 0.15) is 18.9 Å². The van der Waals surface area contributed by atoms with E-state index in [0.29, 0.717) is 12.5 Å². The molecule has 0 radical (unpaired) electrons. The third kappa shape index (κ3) is 2.93. The van der Waals surface area contributed by atoms with E-state index in [0.717, 1.165) is 23.0 Å². The van der Waals surface area contributed by atoms with Crippen LogP contribution in [-0.2, 0) is 11.3 Å². The van der Waals surface area contributed by atoms with Crippen LogP contribution < -0.4 is 5.32 Å². The molecule has 1 amide bonds. The number of rotatable bonds is 3. The van der Waals surface area contributed by atoms with Crippen LogP contribution in [0.4, 0.5) is 0 Å². The molecular formula is C14H19BrN2O. The average molecular weight is 311 g/mol. The lowest BCUT2D eigenvalue weighted by atomic mass is 10.0. The third-order valence-corrected chi connectivity index (χ3v) is 4.31. The second-order valence-corrected chi connectivity index (χ2v) is 5.84. The molecule has 0 aliphatic carbocycles. The standard InChI is InChI=1S/C14H19BrN2O/c1-10-7-8-16-13(10)14(18)17(2)9-11-5-3-4-6-12(11)15/h3-6,10,13,16H,7-9H2,1-2H3. The third-order valence-electron chi connectivity index (χ3n) is 3.54. The minimum atomic E-state index is -0.0162. The average Bonchev–Trinajstić information content (AvgIpc) is 2.77. The zero-order valence-electron chi connectivity index (χ0n) is 10.8. The molecule has 0 aromatic heterocycles. The van der Waals surface area contributed by atoms with E-state index in [1.165, 1.54) is 0 Å². The predicted octanol–water partition coefficient (Wildman–Crippen LogP) is 2.41. The van der Waals surface area contributed by atoms with Gasteiger partial charge in [0.2, 0.25) is 5.91 Å². The van der Waals surface area contributed by atoms with E-state index in [4.69, 9.17) is 0 Å². The minimum Gasteiger partial charge on any atom is -0.340 e. The smallest absolute Gasteiger partial charge is 0.240 e. The lowest BCUT2D eigenvalue weighted by molar-refractivity contribution is -0.133. The van der Waals surface area contributed by atoms with Crippen LogP contribution in [0.2, 0.25) is 0 Å². The molecule has 1 aromatic rings. The van der Waals surface area contributed by atoms with Crippen molar-refractivity contribution in [3.63, 3.8) is 0 Å². The maximum absolute atomic E-state index is 12.3. The molecule has 0 spiro atoms. The van der Waals surface area contributed by atoms with Crippen LogP contribution in [0.15, 0.2) is 28.7 Å². The van der Waals surface area contributed by atoms with Crippen LogP contribution in [0.25, 0.3) is 0 Å². The Morgan fingerprint density at radius 2 is 2.22 bits per heavy atom. The summed E-state index contributed by atoms with van der Waals surface area (Å²) in [7, 11) is 1.87. The van der Waals surface area contributed by atoms with Crippen molar-refractivity contribution in [3.05, 3.63) is 34.3 Å². The number of likely N-dealkylation sites (N-methyl/N-ethyl adjacent to an activating group) is 1. The first-order chi connectivity index (χ1) is 8.59. The Morgan fingerprint density at radius 1 is 1.50 bits per heavy atom. The van der Waals surface area contributed by atoms with E-state index in [9.17, 15) is 4.79 Å². The van der Waals surface area contributed by atoms with Gasteiger partial charge in [0.1, 0.15) is 0 Å². The fourth-order valence-electron chi connectivity index (χ4n) is 2.36. The summed E-state index contributed by atoms with van der Waals surface area (Å²) in [6.07, 6.45) is 1.08. The minimum absolute atomic E-state index is 0.0162. The van der Waals surface area contributed by atoms with Gasteiger partial charge in [0.15, 0.2) is 0 Å². The van der Waals surface area contributed by atoms with E-state index < -0.39 is 0 Å². The van der Waals surface area contributed by atoms with Gasteiger partial charge in [-0.25, -0.2) is 0 Å². The molecule has 1 aliphatic rings. The summed E-state index contributed by atoms with van der Waals surface area (Å²) in [6, 6.07) is 8.01. The Hall–Kier alpha value is -0.870. The molecular weight excluding hydrogens is 292 g/mol. The Balaban J connectivity index is 2.01. The van der Waals surface area contributed by atoms with Crippen LogP contribution >= 0.6 is 15.9 Å². The molecule has 1 aromatic carbocycles. The number of benzene rings is 1. The first-order valence-corrected chi connectivity index (χ1v) is 7.10. The zero-order chi connectivity index (χ0) is 13.1. The van der Waals surface area contributed by atoms with Gasteiger partial charge in [0, 0.05) is 18.1 Å². The van der Waals surface area contributed by atoms with Gasteiger partial charge in [-0.3, -0.25) is 4.79 Å². The van der Waals surface area contributed by atoms with Crippen LogP contribution in [0, 0.1) is 5.92 Å². The molecule has 98 valence electrons. The van der Waals surface area contributed by atoms with E-state index in [2.05, 4.69) is 28.2 Å². The summed E-state index contributed by atoms with van der Waals surface area (Å²) in [4.78, 5) is 14.1. The van der Waals surface area contributed by atoms with E-state index >= 15 is 0 Å². The van der Waals surface area contributed by atoms with Gasteiger partial charge in [-0.2, -0.15) is 0 Å². The Bertz CT molecular complexity index is 436. The summed E-state index contributed by atoms with van der Waals surface area (Å²) < 4.78 is 1.05. The van der Waals surface area contributed by atoms with E-state index in [1.807, 2.05) is 31.3 Å². The van der Waals surface area contributed by atoms with Crippen molar-refractivity contribution < 1.29 is 4.79 Å². The molecule has 18 heavy (non-hydrogen) atoms. The Labute approximate surface area is 117 Å². The number of carbonyl (C=O) groups excluding carboxylic acids is 1. The van der Waals surface area contributed by atoms with Crippen molar-refractivity contribution in [3.8, 4) is 0 Å². The number of hydrogen-bond acceptors (Lipinski definition) is 2. The highest BCUT2D eigenvalue weighted by molar-refractivity contribution is 9.10. The quantitative estimate of drug-likeness (QED) is 0.930. The highest BCUT2D eigenvalue weighted by atomic mass is 79.9. The van der Waals surface area contributed by atoms with Crippen LogP contribution in [0.5, 0.6) is 0 Å². The van der Waals surface area contributed by atoms with Crippen molar-refractivity contribution in [2.24, 2.45) is 5.92 Å². The number of halogens is 1. The fraction of sp³-hybridized carbons (Fsp3) is 0.500. The first-order valence-electron chi connectivity index (χ1n) is 6.31. The largest absolute Gasteiger partial charge is 0.340 e. The number of amides is 1. The van der Waals surface area contributed by atoms with E-state index in [1.54, 1.807) is 4.90 Å². The Morgan fingerprint density at radius 3 is 2.83 bits per heavy atom. The molecule has 1 heterocycles. The molecule has 0 bridgehead atoms. The van der Waals surface area contributed by atoms with E-state index in [-0.39, 0.29) is 11.9 Å². The molecule has 1 fully saturated rings. The van der Waals surface area contributed by atoms with Crippen LogP contribution in [0.3, 0.4) is 0 Å². The van der Waals surface area contributed by atoms with Crippen molar-refractivity contribution >= 4 is 21.8 Å². The normalized spacial score (nSPS) is 23.1. The van der Waals surface area contributed by atoms with Crippen molar-refractivity contribution in [2.75, 3.05) is 13.6 Å². The van der Waals surface area contributed by atoms with Crippen LogP contribution in [-0.4, -0.2) is 30.4 Å². The lowest BCUT2D eigenvalue weighted by Gasteiger charge is -2.24. The lowest BCUT2D eigenvalue weighted by Crippen LogP contribution is -2.43. The molecule has 1 N–H and O–H groups in total. The SMILES string of the molecule is CC1CCNC1C(=O)N(C)Cc1ccccc1Br. The zero-order valence-corrected chi connectivity index (χ0v) is 12.4. The molecule has 2 unspecified atom stereocenters. The Kier molecular flexibility index (Phi) is 4.40. The number of hydrogen-bond donors (Lipinski definition) is 1. The summed E-state index contributed by atoms with van der Waals surface area (Å²) in [5, 5.41) is 3.28. The summed E-state index contributed by atoms with van der Waals surface area (Å²) in [6.45, 7) is 3.72. The maximum Gasteiger partial charge on any atom is 0.240 e. The van der Waals surface area contributed by atoms with Gasteiger partial charge in [-0.1, -0.05) is 41.1 Å². The molecule has 0 saturated carbocycles. The number of carbonyl (C=O) groups is 1. The molecule has 1 saturated heterocycles. The molecule has 4 heteroatoms. The van der Waals surface area contributed by atoms with Gasteiger partial charge >= 0.3 is 0 Å².